The third kappa shape index (κ3) is 20.9. The minimum atomic E-state index is -5.04. The van der Waals surface area contributed by atoms with Crippen molar-refractivity contribution in [2.45, 2.75) is 174 Å². The van der Waals surface area contributed by atoms with Crippen LogP contribution in [0.2, 0.25) is 0 Å². The van der Waals surface area contributed by atoms with Crippen molar-refractivity contribution in [3.05, 3.63) is 71.8 Å². The minimum Gasteiger partial charge on any atom is -0.444 e. The standard InChI is InChI=1S/C64H95N9O18S/c1-16-39(8)56(47(88-14)34-52(77)72-29-20-23-46(72)58(89-15)40(9)59(79)65-41(10)57(78)43-21-18-17-19-22-43)70(12)63(83)54(37(4)5)69-62(82)55(38(6)7)71(13)64(84)91-35-44-24-25-45(33-48(44)92(85,86)87)67-60(80)42(11)66-61(81)53(36(2)3)68-49(74)28-31-90-32-30-73-50(75)26-27-51(73)76/h17-19,21-22,24-27,33,36-42,46-47,53-56,58H,16,20,23,28-32,34-35H2,1-15H3,(H,65,79)(H,66,81)(H,67,80)(H,68,74)(H,69,82)(H,85,86,87)/t39?,40?,41?,42-,46?,47?,53?,54?,55?,56?,58?/m0/s1. The van der Waals surface area contributed by atoms with Gasteiger partial charge in [-0.3, -0.25) is 62.3 Å². The Kier molecular flexibility index (Phi) is 29.5. The predicted octanol–water partition coefficient (Wildman–Crippen LogP) is 3.89. The van der Waals surface area contributed by atoms with E-state index in [1.54, 1.807) is 97.7 Å². The molecule has 2 aromatic rings. The van der Waals surface area contributed by atoms with Crippen LogP contribution in [0.3, 0.4) is 0 Å². The predicted molar refractivity (Wildman–Crippen MR) is 338 cm³/mol. The first kappa shape index (κ1) is 76.8. The van der Waals surface area contributed by atoms with Crippen LogP contribution in [0, 0.1) is 29.6 Å². The molecule has 28 heteroatoms. The van der Waals surface area contributed by atoms with Gasteiger partial charge in [0.1, 0.15) is 35.7 Å². The first-order valence-corrected chi connectivity index (χ1v) is 32.5. The van der Waals surface area contributed by atoms with Crippen molar-refractivity contribution in [3.8, 4) is 0 Å². The molecule has 2 aromatic carbocycles. The number of anilines is 1. The van der Waals surface area contributed by atoms with Crippen LogP contribution in [0.1, 0.15) is 124 Å². The highest BCUT2D eigenvalue weighted by molar-refractivity contribution is 7.85. The fourth-order valence-corrected chi connectivity index (χ4v) is 12.0. The van der Waals surface area contributed by atoms with Crippen molar-refractivity contribution in [1.29, 1.82) is 0 Å². The quantitative estimate of drug-likeness (QED) is 0.0247. The number of carbonyl (C=O) groups excluding carboxylic acids is 11. The highest BCUT2D eigenvalue weighted by Gasteiger charge is 2.44. The van der Waals surface area contributed by atoms with Crippen LogP contribution in [-0.4, -0.2) is 207 Å². The van der Waals surface area contributed by atoms with Gasteiger partial charge in [0.2, 0.25) is 41.4 Å². The zero-order valence-corrected chi connectivity index (χ0v) is 56.3. The number of nitrogens with one attached hydrogen (secondary N) is 5. The summed E-state index contributed by atoms with van der Waals surface area (Å²) in [6, 6.07) is 5.25. The van der Waals surface area contributed by atoms with E-state index in [2.05, 4.69) is 26.6 Å². The molecule has 0 aliphatic carbocycles. The number of likely N-dealkylation sites (N-methyl/N-ethyl adjacent to an activating group) is 2. The van der Waals surface area contributed by atoms with Crippen LogP contribution < -0.4 is 26.6 Å². The first-order chi connectivity index (χ1) is 43.2. The lowest BCUT2D eigenvalue weighted by Gasteiger charge is -2.41. The molecule has 0 aromatic heterocycles. The molecule has 0 saturated carbocycles. The van der Waals surface area contributed by atoms with Crippen LogP contribution in [-0.2, 0) is 78.8 Å². The van der Waals surface area contributed by atoms with Gasteiger partial charge in [-0.25, -0.2) is 4.79 Å². The molecule has 27 nitrogen and oxygen atoms in total. The Balaban J connectivity index is 1.39. The Labute approximate surface area is 539 Å². The maximum atomic E-state index is 14.8. The normalized spacial score (nSPS) is 17.4. The molecule has 0 spiro atoms. The average Bonchev–Trinajstić information content (AvgIpc) is 1.17. The molecule has 2 aliphatic rings. The smallest absolute Gasteiger partial charge is 0.410 e. The van der Waals surface area contributed by atoms with Crippen molar-refractivity contribution in [2.75, 3.05) is 59.9 Å². The van der Waals surface area contributed by atoms with Crippen LogP contribution in [0.5, 0.6) is 0 Å². The van der Waals surface area contributed by atoms with E-state index in [0.717, 1.165) is 28.0 Å². The molecule has 1 saturated heterocycles. The molecule has 0 bridgehead atoms. The summed E-state index contributed by atoms with van der Waals surface area (Å²) in [5.41, 5.74) is 0.108. The number of benzene rings is 2. The van der Waals surface area contributed by atoms with Crippen molar-refractivity contribution in [1.82, 2.24) is 40.9 Å². The molecular weight excluding hydrogens is 1210 g/mol. The Morgan fingerprint density at radius 1 is 0.717 bits per heavy atom. The van der Waals surface area contributed by atoms with Gasteiger partial charge in [-0.1, -0.05) is 105 Å². The van der Waals surface area contributed by atoms with Crippen molar-refractivity contribution in [3.63, 3.8) is 0 Å². The van der Waals surface area contributed by atoms with Crippen LogP contribution in [0.25, 0.3) is 0 Å². The van der Waals surface area contributed by atoms with Gasteiger partial charge in [0, 0.05) is 70.2 Å². The molecular formula is C64H95N9O18S. The maximum Gasteiger partial charge on any atom is 0.410 e. The summed E-state index contributed by atoms with van der Waals surface area (Å²) >= 11 is 0. The summed E-state index contributed by atoms with van der Waals surface area (Å²) in [5.74, 6) is -7.67. The largest absolute Gasteiger partial charge is 0.444 e. The number of rotatable bonds is 35. The van der Waals surface area contributed by atoms with Crippen LogP contribution >= 0.6 is 0 Å². The molecule has 92 heavy (non-hydrogen) atoms. The summed E-state index contributed by atoms with van der Waals surface area (Å²) in [6.07, 6.45) is 1.10. The molecule has 0 radical (unpaired) electrons. The summed E-state index contributed by atoms with van der Waals surface area (Å²) < 4.78 is 58.6. The molecule has 10 amide bonds. The molecule has 1 fully saturated rings. The summed E-state index contributed by atoms with van der Waals surface area (Å²) in [5, 5.41) is 13.3. The monoisotopic (exact) mass is 1310 g/mol. The summed E-state index contributed by atoms with van der Waals surface area (Å²) in [6.45, 7) is 18.2. The van der Waals surface area contributed by atoms with Crippen molar-refractivity contribution < 1.29 is 84.7 Å². The highest BCUT2D eigenvalue weighted by Crippen LogP contribution is 2.31. The van der Waals surface area contributed by atoms with Gasteiger partial charge in [-0.15, -0.1) is 0 Å². The lowest BCUT2D eigenvalue weighted by Crippen LogP contribution is -2.60. The number of Topliss-reactive ketones (excluding diaryl/α,β-unsaturated/α-hetero) is 1. The number of carbonyl (C=O) groups is 11. The average molecular weight is 1310 g/mol. The number of amides is 10. The number of hydrogen-bond donors (Lipinski definition) is 6. The first-order valence-electron chi connectivity index (χ1n) is 31.0. The van der Waals surface area contributed by atoms with Gasteiger partial charge in [0.25, 0.3) is 21.9 Å². The Hall–Kier alpha value is -7.66. The van der Waals surface area contributed by atoms with E-state index in [4.69, 9.17) is 18.9 Å². The van der Waals surface area contributed by atoms with E-state index in [9.17, 15) is 65.7 Å². The molecule has 4 rings (SSSR count). The topological polar surface area (TPSA) is 352 Å². The number of nitrogens with zero attached hydrogens (tertiary/aromatic N) is 4. The number of imide groups is 1. The number of likely N-dealkylation sites (tertiary alicyclic amines) is 1. The van der Waals surface area contributed by atoms with Crippen LogP contribution in [0.15, 0.2) is 65.6 Å². The number of ether oxygens (including phenoxy) is 4. The summed E-state index contributed by atoms with van der Waals surface area (Å²) in [4.78, 5) is 151. The van der Waals surface area contributed by atoms with Gasteiger partial charge in [0.05, 0.1) is 62.4 Å². The van der Waals surface area contributed by atoms with Gasteiger partial charge in [0.15, 0.2) is 5.78 Å². The van der Waals surface area contributed by atoms with Gasteiger partial charge in [-0.05, 0) is 62.5 Å². The van der Waals surface area contributed by atoms with E-state index >= 15 is 0 Å². The Morgan fingerprint density at radius 2 is 1.34 bits per heavy atom. The minimum absolute atomic E-state index is 0.00458. The third-order valence-corrected chi connectivity index (χ3v) is 17.7. The van der Waals surface area contributed by atoms with E-state index in [1.165, 1.54) is 45.2 Å². The number of hydrogen-bond acceptors (Lipinski definition) is 17. The van der Waals surface area contributed by atoms with Gasteiger partial charge >= 0.3 is 6.09 Å². The summed E-state index contributed by atoms with van der Waals surface area (Å²) in [7, 11) is 0.759. The second-order valence-electron chi connectivity index (χ2n) is 24.5. The number of ketones is 1. The zero-order chi connectivity index (χ0) is 69.1. The van der Waals surface area contributed by atoms with Crippen molar-refractivity contribution >= 4 is 80.8 Å². The maximum absolute atomic E-state index is 14.8. The zero-order valence-electron chi connectivity index (χ0n) is 55.5. The van der Waals surface area contributed by atoms with E-state index in [1.807, 2.05) is 13.8 Å². The fraction of sp³-hybridized carbons (Fsp3) is 0.609. The van der Waals surface area contributed by atoms with E-state index < -0.39 is 153 Å². The molecule has 2 aliphatic heterocycles. The molecule has 10 unspecified atom stereocenters. The molecule has 2 heterocycles. The fourth-order valence-electron chi connectivity index (χ4n) is 11.3. The second-order valence-corrected chi connectivity index (χ2v) is 25.9. The van der Waals surface area contributed by atoms with Crippen LogP contribution in [0.4, 0.5) is 10.5 Å². The lowest BCUT2D eigenvalue weighted by molar-refractivity contribution is -0.148. The van der Waals surface area contributed by atoms with Crippen molar-refractivity contribution in [2.24, 2.45) is 29.6 Å². The Bertz CT molecular complexity index is 3070. The van der Waals surface area contributed by atoms with E-state index in [0.29, 0.717) is 31.4 Å². The Morgan fingerprint density at radius 3 is 1.90 bits per heavy atom. The third-order valence-electron chi connectivity index (χ3n) is 16.7. The van der Waals surface area contributed by atoms with Gasteiger partial charge in [-0.2, -0.15) is 8.42 Å². The molecule has 6 N–H and O–H groups in total. The second kappa shape index (κ2) is 35.4. The SMILES string of the molecule is CCC(C)C(C(CC(=O)N1CCCC1C(OC)C(C)C(=O)NC(C)C(=O)c1ccccc1)OC)N(C)C(=O)C(NC(=O)C(C(C)C)N(C)C(=O)OCc1ccc(NC(=O)[C@H](C)NC(=O)C(NC(=O)CCOCCN2C(=O)C=CC2=O)C(C)C)cc1S(=O)(=O)O)C(C)C. The molecule has 510 valence electrons. The molecule has 11 atom stereocenters. The number of methoxy groups -OCH3 is 2. The van der Waals surface area contributed by atoms with E-state index in [-0.39, 0.29) is 61.5 Å². The highest BCUT2D eigenvalue weighted by atomic mass is 32.2. The van der Waals surface area contributed by atoms with Gasteiger partial charge < -0.3 is 55.3 Å². The lowest BCUT2D eigenvalue weighted by atomic mass is 9.89.